The average Bonchev–Trinajstić information content (AvgIpc) is 2.54. The van der Waals surface area contributed by atoms with Crippen LogP contribution in [-0.2, 0) is 16.6 Å². The third-order valence-electron chi connectivity index (χ3n) is 3.36. The number of benzene rings is 2. The molecule has 0 aliphatic rings. The van der Waals surface area contributed by atoms with Crippen molar-refractivity contribution in [1.82, 2.24) is 4.31 Å². The van der Waals surface area contributed by atoms with Gasteiger partial charge in [-0.2, -0.15) is 4.31 Å². The summed E-state index contributed by atoms with van der Waals surface area (Å²) in [5.74, 6) is -0.413. The van der Waals surface area contributed by atoms with Crippen molar-refractivity contribution in [2.45, 2.75) is 6.54 Å². The van der Waals surface area contributed by atoms with Crippen LogP contribution in [0.4, 0.5) is 4.39 Å². The van der Waals surface area contributed by atoms with Crippen molar-refractivity contribution >= 4 is 27.7 Å². The lowest BCUT2D eigenvalue weighted by Crippen LogP contribution is -2.24. The summed E-state index contributed by atoms with van der Waals surface area (Å²) in [6.07, 6.45) is 1.48. The van der Waals surface area contributed by atoms with Gasteiger partial charge in [-0.05, 0) is 41.5 Å². The number of ether oxygens (including phenoxy) is 1. The van der Waals surface area contributed by atoms with Crippen LogP contribution >= 0.6 is 11.6 Å². The first kappa shape index (κ1) is 18.4. The Labute approximate surface area is 146 Å². The maximum absolute atomic E-state index is 13.7. The molecule has 0 saturated carbocycles. The number of halogens is 2. The number of methoxy groups -OCH3 is 1. The minimum absolute atomic E-state index is 0.0498. The maximum atomic E-state index is 13.7. The van der Waals surface area contributed by atoms with Crippen LogP contribution in [0.1, 0.15) is 11.1 Å². The lowest BCUT2D eigenvalue weighted by atomic mass is 10.2. The maximum Gasteiger partial charge on any atom is 0.236 e. The van der Waals surface area contributed by atoms with E-state index in [2.05, 4.69) is 0 Å². The molecule has 2 aromatic carbocycles. The Kier molecular flexibility index (Phi) is 5.99. The second-order valence-corrected chi connectivity index (χ2v) is 7.49. The first-order chi connectivity index (χ1) is 11.3. The molecule has 2 rings (SSSR count). The fraction of sp³-hybridized carbons (Fsp3) is 0.176. The van der Waals surface area contributed by atoms with Gasteiger partial charge in [-0.3, -0.25) is 0 Å². The summed E-state index contributed by atoms with van der Waals surface area (Å²) in [4.78, 5) is 0. The quantitative estimate of drug-likeness (QED) is 0.775. The molecular weight excluding hydrogens is 353 g/mol. The van der Waals surface area contributed by atoms with E-state index >= 15 is 0 Å². The van der Waals surface area contributed by atoms with Crippen LogP contribution in [0.5, 0.6) is 5.75 Å². The van der Waals surface area contributed by atoms with Crippen molar-refractivity contribution in [2.24, 2.45) is 0 Å². The van der Waals surface area contributed by atoms with E-state index in [4.69, 9.17) is 16.3 Å². The smallest absolute Gasteiger partial charge is 0.236 e. The van der Waals surface area contributed by atoms with Crippen molar-refractivity contribution < 1.29 is 17.5 Å². The van der Waals surface area contributed by atoms with E-state index in [0.29, 0.717) is 16.1 Å². The number of hydrogen-bond acceptors (Lipinski definition) is 3. The summed E-state index contributed by atoms with van der Waals surface area (Å²) in [6.45, 7) is 0.0498. The lowest BCUT2D eigenvalue weighted by Gasteiger charge is -2.15. The molecular formula is C17H17ClFNO3S. The largest absolute Gasteiger partial charge is 0.494 e. The topological polar surface area (TPSA) is 46.6 Å². The highest BCUT2D eigenvalue weighted by molar-refractivity contribution is 7.92. The molecule has 2 aromatic rings. The molecule has 0 fully saturated rings. The number of rotatable bonds is 6. The predicted octanol–water partition coefficient (Wildman–Crippen LogP) is 3.92. The van der Waals surface area contributed by atoms with E-state index in [1.54, 1.807) is 30.3 Å². The van der Waals surface area contributed by atoms with Crippen LogP contribution in [0, 0.1) is 5.82 Å². The molecule has 0 radical (unpaired) electrons. The van der Waals surface area contributed by atoms with Gasteiger partial charge in [0.2, 0.25) is 10.0 Å². The Morgan fingerprint density at radius 2 is 1.88 bits per heavy atom. The summed E-state index contributed by atoms with van der Waals surface area (Å²) < 4.78 is 44.2. The molecule has 0 unspecified atom stereocenters. The fourth-order valence-corrected chi connectivity index (χ4v) is 2.99. The van der Waals surface area contributed by atoms with Gasteiger partial charge in [-0.15, -0.1) is 0 Å². The molecule has 0 aliphatic carbocycles. The SMILES string of the molecule is COc1ccc(CN(C)S(=O)(=O)/C=C\c2ccc(Cl)cc2)cc1F. The Morgan fingerprint density at radius 1 is 1.21 bits per heavy atom. The minimum atomic E-state index is -3.63. The minimum Gasteiger partial charge on any atom is -0.494 e. The summed E-state index contributed by atoms with van der Waals surface area (Å²) in [6, 6.07) is 11.1. The number of sulfonamides is 1. The van der Waals surface area contributed by atoms with Gasteiger partial charge in [0.05, 0.1) is 7.11 Å². The van der Waals surface area contributed by atoms with Crippen LogP contribution in [0.15, 0.2) is 47.9 Å². The van der Waals surface area contributed by atoms with Gasteiger partial charge in [0.1, 0.15) is 0 Å². The zero-order valence-electron chi connectivity index (χ0n) is 13.2. The molecule has 4 nitrogen and oxygen atoms in total. The van der Waals surface area contributed by atoms with Crippen molar-refractivity contribution in [1.29, 1.82) is 0 Å². The Hall–Kier alpha value is -1.89. The van der Waals surface area contributed by atoms with Crippen LogP contribution in [-0.4, -0.2) is 26.9 Å². The van der Waals surface area contributed by atoms with Crippen LogP contribution < -0.4 is 4.74 Å². The lowest BCUT2D eigenvalue weighted by molar-refractivity contribution is 0.385. The van der Waals surface area contributed by atoms with E-state index in [-0.39, 0.29) is 12.3 Å². The average molecular weight is 370 g/mol. The van der Waals surface area contributed by atoms with E-state index in [1.807, 2.05) is 0 Å². The van der Waals surface area contributed by atoms with Crippen LogP contribution in [0.25, 0.3) is 6.08 Å². The highest BCUT2D eigenvalue weighted by atomic mass is 35.5. The summed E-state index contributed by atoms with van der Waals surface area (Å²) in [5, 5.41) is 1.68. The standard InChI is InChI=1S/C17H17ClFNO3S/c1-20(12-14-5-8-17(23-2)16(19)11-14)24(21,22)10-9-13-3-6-15(18)7-4-13/h3-11H,12H2,1-2H3/b10-9-. The number of hydrogen-bond donors (Lipinski definition) is 0. The monoisotopic (exact) mass is 369 g/mol. The first-order valence-corrected chi connectivity index (χ1v) is 8.92. The van der Waals surface area contributed by atoms with E-state index < -0.39 is 15.8 Å². The second kappa shape index (κ2) is 7.79. The van der Waals surface area contributed by atoms with Crippen molar-refractivity contribution in [3.8, 4) is 5.75 Å². The third kappa shape index (κ3) is 4.80. The van der Waals surface area contributed by atoms with Gasteiger partial charge in [0, 0.05) is 24.0 Å². The van der Waals surface area contributed by atoms with Gasteiger partial charge in [-0.1, -0.05) is 29.8 Å². The van der Waals surface area contributed by atoms with Crippen LogP contribution in [0.2, 0.25) is 5.02 Å². The molecule has 0 amide bonds. The highest BCUT2D eigenvalue weighted by Gasteiger charge is 2.15. The summed E-state index contributed by atoms with van der Waals surface area (Å²) in [5.41, 5.74) is 1.24. The van der Waals surface area contributed by atoms with Crippen molar-refractivity contribution in [3.63, 3.8) is 0 Å². The molecule has 0 N–H and O–H groups in total. The summed E-state index contributed by atoms with van der Waals surface area (Å²) in [7, 11) is -0.824. The molecule has 0 aliphatic heterocycles. The normalized spacial score (nSPS) is 12.0. The third-order valence-corrected chi connectivity index (χ3v) is 5.09. The van der Waals surface area contributed by atoms with Crippen molar-refractivity contribution in [2.75, 3.05) is 14.2 Å². The predicted molar refractivity (Wildman–Crippen MR) is 93.8 cm³/mol. The van der Waals surface area contributed by atoms with Gasteiger partial charge in [0.15, 0.2) is 11.6 Å². The van der Waals surface area contributed by atoms with Crippen LogP contribution in [0.3, 0.4) is 0 Å². The van der Waals surface area contributed by atoms with Gasteiger partial charge < -0.3 is 4.74 Å². The zero-order valence-corrected chi connectivity index (χ0v) is 14.8. The summed E-state index contributed by atoms with van der Waals surface area (Å²) >= 11 is 5.79. The highest BCUT2D eigenvalue weighted by Crippen LogP contribution is 2.19. The van der Waals surface area contributed by atoms with Gasteiger partial charge in [-0.25, -0.2) is 12.8 Å². The van der Waals surface area contributed by atoms with E-state index in [1.165, 1.54) is 32.4 Å². The molecule has 0 heterocycles. The molecule has 0 atom stereocenters. The second-order valence-electron chi connectivity index (χ2n) is 5.12. The molecule has 0 bridgehead atoms. The van der Waals surface area contributed by atoms with Crippen molar-refractivity contribution in [3.05, 3.63) is 69.8 Å². The molecule has 128 valence electrons. The Balaban J connectivity index is 2.11. The Bertz CT molecular complexity index is 835. The van der Waals surface area contributed by atoms with Gasteiger partial charge >= 0.3 is 0 Å². The molecule has 24 heavy (non-hydrogen) atoms. The Morgan fingerprint density at radius 3 is 2.46 bits per heavy atom. The molecule has 0 aromatic heterocycles. The fourth-order valence-electron chi connectivity index (χ4n) is 2.00. The molecule has 0 spiro atoms. The zero-order chi connectivity index (χ0) is 17.7. The molecule has 7 heteroatoms. The number of nitrogens with zero attached hydrogens (tertiary/aromatic N) is 1. The van der Waals surface area contributed by atoms with Gasteiger partial charge in [0.25, 0.3) is 0 Å². The van der Waals surface area contributed by atoms with E-state index in [0.717, 1.165) is 9.71 Å². The van der Waals surface area contributed by atoms with E-state index in [9.17, 15) is 12.8 Å². The molecule has 0 saturated heterocycles. The first-order valence-electron chi connectivity index (χ1n) is 7.04.